The quantitative estimate of drug-likeness (QED) is 0.787. The van der Waals surface area contributed by atoms with Gasteiger partial charge in [-0.3, -0.25) is 9.89 Å². The van der Waals surface area contributed by atoms with Gasteiger partial charge in [0.25, 0.3) is 0 Å². The van der Waals surface area contributed by atoms with Crippen LogP contribution in [0.2, 0.25) is 0 Å². The molecule has 0 aromatic heterocycles. The van der Waals surface area contributed by atoms with Crippen molar-refractivity contribution < 1.29 is 13.9 Å². The summed E-state index contributed by atoms with van der Waals surface area (Å²) in [5, 5.41) is 1.02. The molecule has 0 unspecified atom stereocenters. The lowest BCUT2D eigenvalue weighted by atomic mass is 9.94. The minimum Gasteiger partial charge on any atom is -0.449 e. The maximum atomic E-state index is 13.4. The highest BCUT2D eigenvalue weighted by Gasteiger charge is 2.31. The van der Waals surface area contributed by atoms with Gasteiger partial charge in [0.05, 0.1) is 13.2 Å². The number of fused-ring (bicyclic) bond motifs is 1. The summed E-state index contributed by atoms with van der Waals surface area (Å²) < 4.78 is 18.4. The number of halogens is 1. The minimum atomic E-state index is -0.386. The Bertz CT molecular complexity index is 846. The Morgan fingerprint density at radius 2 is 2.04 bits per heavy atom. The summed E-state index contributed by atoms with van der Waals surface area (Å²) in [4.78, 5) is 21.3. The van der Waals surface area contributed by atoms with Gasteiger partial charge in [0.2, 0.25) is 0 Å². The van der Waals surface area contributed by atoms with E-state index in [-0.39, 0.29) is 17.8 Å². The first-order valence-corrected chi connectivity index (χ1v) is 9.75. The van der Waals surface area contributed by atoms with E-state index >= 15 is 0 Å². The lowest BCUT2D eigenvalue weighted by Crippen LogP contribution is -2.33. The van der Waals surface area contributed by atoms with E-state index in [9.17, 15) is 9.18 Å². The Morgan fingerprint density at radius 1 is 1.30 bits per heavy atom. The topological polar surface area (TPSA) is 45.1 Å². The number of amidine groups is 1. The van der Waals surface area contributed by atoms with Gasteiger partial charge in [-0.1, -0.05) is 36.0 Å². The van der Waals surface area contributed by atoms with Gasteiger partial charge in [-0.15, -0.1) is 0 Å². The van der Waals surface area contributed by atoms with E-state index in [0.717, 1.165) is 35.3 Å². The van der Waals surface area contributed by atoms with E-state index in [4.69, 9.17) is 4.74 Å². The number of benzene rings is 1. The van der Waals surface area contributed by atoms with Gasteiger partial charge in [0, 0.05) is 36.3 Å². The van der Waals surface area contributed by atoms with Gasteiger partial charge >= 0.3 is 6.09 Å². The molecule has 0 aliphatic carbocycles. The van der Waals surface area contributed by atoms with Crippen LogP contribution in [0.25, 0.3) is 4.91 Å². The van der Waals surface area contributed by atoms with Gasteiger partial charge in [0.15, 0.2) is 5.17 Å². The number of carbonyl (C=O) groups excluding carboxylic acids is 1. The second-order valence-corrected chi connectivity index (χ2v) is 7.34. The molecule has 4 rings (SSSR count). The molecular weight excluding hydrogens is 365 g/mol. The lowest BCUT2D eigenvalue weighted by Gasteiger charge is -2.32. The highest BCUT2D eigenvalue weighted by atomic mass is 32.2. The Hall–Kier alpha value is -2.54. The van der Waals surface area contributed by atoms with E-state index in [2.05, 4.69) is 9.89 Å². The molecule has 0 N–H and O–H groups in total. The average Bonchev–Trinajstić information content (AvgIpc) is 3.15. The monoisotopic (exact) mass is 385 g/mol. The van der Waals surface area contributed by atoms with Gasteiger partial charge in [-0.05, 0) is 30.2 Å². The second kappa shape index (κ2) is 7.60. The molecule has 3 heterocycles. The van der Waals surface area contributed by atoms with Crippen LogP contribution < -0.4 is 0 Å². The van der Waals surface area contributed by atoms with Crippen LogP contribution in [0.3, 0.4) is 0 Å². The first-order valence-electron chi connectivity index (χ1n) is 8.93. The van der Waals surface area contributed by atoms with Crippen LogP contribution in [0.4, 0.5) is 9.18 Å². The van der Waals surface area contributed by atoms with Crippen molar-refractivity contribution in [3.05, 3.63) is 65.8 Å². The summed E-state index contributed by atoms with van der Waals surface area (Å²) in [5.74, 6) is -0.186. The molecule has 0 radical (unpaired) electrons. The minimum absolute atomic E-state index is 0.0605. The highest BCUT2D eigenvalue weighted by molar-refractivity contribution is 8.21. The van der Waals surface area contributed by atoms with Crippen LogP contribution in [0, 0.1) is 11.7 Å². The third kappa shape index (κ3) is 3.64. The zero-order chi connectivity index (χ0) is 18.8. The van der Waals surface area contributed by atoms with Crippen molar-refractivity contribution in [2.45, 2.75) is 6.92 Å². The normalized spacial score (nSPS) is 19.4. The van der Waals surface area contributed by atoms with E-state index in [1.807, 2.05) is 24.3 Å². The Balaban J connectivity index is 1.65. The molecule has 5 nitrogen and oxygen atoms in total. The van der Waals surface area contributed by atoms with Crippen LogP contribution >= 0.6 is 11.8 Å². The molecule has 0 saturated carbocycles. The molecule has 7 heteroatoms. The molecule has 1 aromatic rings. The van der Waals surface area contributed by atoms with Crippen molar-refractivity contribution in [1.82, 2.24) is 9.80 Å². The molecule has 3 aliphatic rings. The molecule has 0 spiro atoms. The van der Waals surface area contributed by atoms with Crippen molar-refractivity contribution in [2.24, 2.45) is 10.9 Å². The number of amides is 1. The first-order chi connectivity index (χ1) is 13.2. The Kier molecular flexibility index (Phi) is 5.03. The standard InChI is InChI=1S/C20H20FN3O2S/c1-2-26-20(25)23-10-7-14(8-11-23)17-13-24-12-9-22-19(24)27-18(17)15-3-5-16(21)6-4-15/h3-8,10-11,14H,2,9,12-13H2,1H3. The van der Waals surface area contributed by atoms with E-state index in [1.54, 1.807) is 31.1 Å². The summed E-state index contributed by atoms with van der Waals surface area (Å²) in [6, 6.07) is 6.59. The summed E-state index contributed by atoms with van der Waals surface area (Å²) >= 11 is 1.64. The van der Waals surface area contributed by atoms with Gasteiger partial charge in [0.1, 0.15) is 5.82 Å². The number of ether oxygens (including phenoxy) is 1. The average molecular weight is 385 g/mol. The molecular formula is C20H20FN3O2S. The molecule has 1 amide bonds. The van der Waals surface area contributed by atoms with Crippen LogP contribution in [-0.4, -0.2) is 47.3 Å². The van der Waals surface area contributed by atoms with Crippen molar-refractivity contribution >= 4 is 27.9 Å². The first kappa shape index (κ1) is 17.9. The highest BCUT2D eigenvalue weighted by Crippen LogP contribution is 2.42. The van der Waals surface area contributed by atoms with Crippen molar-refractivity contribution in [2.75, 3.05) is 26.2 Å². The third-order valence-corrected chi connectivity index (χ3v) is 5.90. The van der Waals surface area contributed by atoms with Crippen molar-refractivity contribution in [1.29, 1.82) is 0 Å². The fourth-order valence-corrected chi connectivity index (χ4v) is 4.49. The zero-order valence-electron chi connectivity index (χ0n) is 15.0. The SMILES string of the molecule is CCOC(=O)N1C=CC(C2=C(c3ccc(F)cc3)SC3=NCCN3C2)C=C1. The smallest absolute Gasteiger partial charge is 0.417 e. The fraction of sp³-hybridized carbons (Fsp3) is 0.300. The van der Waals surface area contributed by atoms with Gasteiger partial charge in [-0.25, -0.2) is 9.18 Å². The number of aliphatic imine (C=N–C) groups is 1. The molecule has 140 valence electrons. The summed E-state index contributed by atoms with van der Waals surface area (Å²) in [7, 11) is 0. The Morgan fingerprint density at radius 3 is 2.74 bits per heavy atom. The van der Waals surface area contributed by atoms with Crippen molar-refractivity contribution in [3.63, 3.8) is 0 Å². The number of allylic oxidation sites excluding steroid dienone is 2. The largest absolute Gasteiger partial charge is 0.449 e. The molecule has 0 fully saturated rings. The number of nitrogens with zero attached hydrogens (tertiary/aromatic N) is 3. The van der Waals surface area contributed by atoms with E-state index in [1.165, 1.54) is 22.6 Å². The molecule has 0 saturated heterocycles. The predicted octanol–water partition coefficient (Wildman–Crippen LogP) is 4.07. The molecule has 3 aliphatic heterocycles. The summed E-state index contributed by atoms with van der Waals surface area (Å²) in [6.45, 7) is 4.62. The zero-order valence-corrected chi connectivity index (χ0v) is 15.8. The van der Waals surface area contributed by atoms with E-state index in [0.29, 0.717) is 6.61 Å². The maximum absolute atomic E-state index is 13.4. The van der Waals surface area contributed by atoms with E-state index < -0.39 is 0 Å². The maximum Gasteiger partial charge on any atom is 0.417 e. The number of rotatable bonds is 3. The molecule has 1 aromatic carbocycles. The van der Waals surface area contributed by atoms with Gasteiger partial charge in [-0.2, -0.15) is 0 Å². The second-order valence-electron chi connectivity index (χ2n) is 6.36. The number of hydrogen-bond acceptors (Lipinski definition) is 5. The number of hydrogen-bond donors (Lipinski definition) is 0. The van der Waals surface area contributed by atoms with Crippen LogP contribution in [0.5, 0.6) is 0 Å². The van der Waals surface area contributed by atoms with Crippen LogP contribution in [0.15, 0.2) is 59.4 Å². The van der Waals surface area contributed by atoms with Crippen LogP contribution in [0.1, 0.15) is 12.5 Å². The Labute approximate surface area is 161 Å². The van der Waals surface area contributed by atoms with Crippen LogP contribution in [-0.2, 0) is 4.74 Å². The lowest BCUT2D eigenvalue weighted by molar-refractivity contribution is 0.133. The fourth-order valence-electron chi connectivity index (χ4n) is 3.28. The summed E-state index contributed by atoms with van der Waals surface area (Å²) in [5.41, 5.74) is 2.21. The molecule has 0 atom stereocenters. The molecule has 0 bridgehead atoms. The number of thioether (sulfide) groups is 1. The molecule has 27 heavy (non-hydrogen) atoms. The van der Waals surface area contributed by atoms with Gasteiger partial charge < -0.3 is 9.64 Å². The summed E-state index contributed by atoms with van der Waals surface area (Å²) in [6.07, 6.45) is 7.10. The number of carbonyl (C=O) groups is 1. The third-order valence-electron chi connectivity index (χ3n) is 4.63. The predicted molar refractivity (Wildman–Crippen MR) is 105 cm³/mol. The van der Waals surface area contributed by atoms with Crippen molar-refractivity contribution in [3.8, 4) is 0 Å².